The van der Waals surface area contributed by atoms with Gasteiger partial charge in [0, 0.05) is 13.8 Å². The third-order valence-corrected chi connectivity index (χ3v) is 4.69. The molecular formula is C8H8Cl6O4S. The fourth-order valence-corrected chi connectivity index (χ4v) is 2.87. The SMILES string of the molecule is CC(=O)OC(SC(OC(C)=O)C(Cl)(Cl)Cl)C(Cl)(Cl)Cl. The van der Waals surface area contributed by atoms with Gasteiger partial charge in [0.25, 0.3) is 0 Å². The van der Waals surface area contributed by atoms with E-state index in [1.54, 1.807) is 0 Å². The van der Waals surface area contributed by atoms with E-state index < -0.39 is 30.4 Å². The van der Waals surface area contributed by atoms with Crippen LogP contribution in [-0.4, -0.2) is 30.4 Å². The summed E-state index contributed by atoms with van der Waals surface area (Å²) in [6.45, 7) is 2.22. The lowest BCUT2D eigenvalue weighted by atomic mass is 10.7. The largest absolute Gasteiger partial charge is 0.447 e. The van der Waals surface area contributed by atoms with E-state index in [2.05, 4.69) is 0 Å². The minimum Gasteiger partial charge on any atom is -0.447 e. The van der Waals surface area contributed by atoms with Crippen LogP contribution in [0.4, 0.5) is 0 Å². The monoisotopic (exact) mass is 410 g/mol. The molecule has 112 valence electrons. The van der Waals surface area contributed by atoms with Gasteiger partial charge in [-0.25, -0.2) is 0 Å². The number of hydrogen-bond donors (Lipinski definition) is 0. The molecule has 0 aromatic heterocycles. The fraction of sp³-hybridized carbons (Fsp3) is 0.750. The molecular weight excluding hydrogens is 405 g/mol. The van der Waals surface area contributed by atoms with E-state index in [-0.39, 0.29) is 0 Å². The van der Waals surface area contributed by atoms with Crippen molar-refractivity contribution in [1.82, 2.24) is 0 Å². The molecule has 0 aromatic rings. The van der Waals surface area contributed by atoms with E-state index in [1.807, 2.05) is 0 Å². The Morgan fingerprint density at radius 3 is 1.26 bits per heavy atom. The molecule has 0 aliphatic rings. The first kappa shape index (κ1) is 20.0. The van der Waals surface area contributed by atoms with E-state index in [0.29, 0.717) is 11.8 Å². The van der Waals surface area contributed by atoms with Crippen LogP contribution < -0.4 is 0 Å². The Labute approximate surface area is 144 Å². The number of rotatable bonds is 4. The Bertz CT molecular complexity index is 307. The number of halogens is 6. The van der Waals surface area contributed by atoms with E-state index in [0.717, 1.165) is 13.8 Å². The Hall–Kier alpha value is 1.03. The third-order valence-electron chi connectivity index (χ3n) is 1.33. The molecule has 0 spiro atoms. The first-order chi connectivity index (χ1) is 8.34. The molecule has 11 heteroatoms. The van der Waals surface area contributed by atoms with Gasteiger partial charge in [-0.15, -0.1) is 0 Å². The zero-order chi connectivity index (χ0) is 15.4. The molecule has 0 N–H and O–H groups in total. The molecule has 0 rings (SSSR count). The van der Waals surface area contributed by atoms with Gasteiger partial charge in [-0.05, 0) is 0 Å². The Kier molecular flexibility index (Phi) is 8.30. The Morgan fingerprint density at radius 1 is 0.842 bits per heavy atom. The number of ether oxygens (including phenoxy) is 2. The topological polar surface area (TPSA) is 52.6 Å². The molecule has 0 amide bonds. The van der Waals surface area contributed by atoms with Crippen molar-refractivity contribution >= 4 is 93.3 Å². The smallest absolute Gasteiger partial charge is 0.303 e. The number of carbonyl (C=O) groups excluding carboxylic acids is 2. The van der Waals surface area contributed by atoms with Crippen LogP contribution in [0.5, 0.6) is 0 Å². The van der Waals surface area contributed by atoms with Crippen LogP contribution in [0.1, 0.15) is 13.8 Å². The minimum atomic E-state index is -2.00. The van der Waals surface area contributed by atoms with Crippen LogP contribution in [0.2, 0.25) is 0 Å². The lowest BCUT2D eigenvalue weighted by molar-refractivity contribution is -0.142. The highest BCUT2D eigenvalue weighted by Crippen LogP contribution is 2.46. The predicted molar refractivity (Wildman–Crippen MR) is 79.3 cm³/mol. The summed E-state index contributed by atoms with van der Waals surface area (Å²) in [4.78, 5) is 21.9. The highest BCUT2D eigenvalue weighted by atomic mass is 35.6. The van der Waals surface area contributed by atoms with Crippen LogP contribution in [0.25, 0.3) is 0 Å². The molecule has 2 unspecified atom stereocenters. The molecule has 0 saturated heterocycles. The molecule has 4 nitrogen and oxygen atoms in total. The van der Waals surface area contributed by atoms with Gasteiger partial charge >= 0.3 is 11.9 Å². The Morgan fingerprint density at radius 2 is 1.11 bits per heavy atom. The second-order valence-corrected chi connectivity index (χ2v) is 8.97. The molecule has 0 fully saturated rings. The standard InChI is InChI=1S/C8H8Cl6O4S/c1-3(15)17-5(7(9,10)11)19-6(8(12,13)14)18-4(2)16/h5-6H,1-2H3. The van der Waals surface area contributed by atoms with E-state index in [9.17, 15) is 9.59 Å². The average Bonchev–Trinajstić information content (AvgIpc) is 2.10. The predicted octanol–water partition coefficient (Wildman–Crippen LogP) is 4.24. The average molecular weight is 413 g/mol. The van der Waals surface area contributed by atoms with Gasteiger partial charge in [-0.1, -0.05) is 81.4 Å². The molecule has 0 saturated carbocycles. The van der Waals surface area contributed by atoms with Crippen molar-refractivity contribution in [1.29, 1.82) is 0 Å². The van der Waals surface area contributed by atoms with Crippen LogP contribution in [0.15, 0.2) is 0 Å². The van der Waals surface area contributed by atoms with Crippen LogP contribution >= 0.6 is 81.4 Å². The first-order valence-corrected chi connectivity index (χ1v) is 7.68. The summed E-state index contributed by atoms with van der Waals surface area (Å²) < 4.78 is 5.58. The second kappa shape index (κ2) is 7.87. The highest BCUT2D eigenvalue weighted by Gasteiger charge is 2.45. The maximum Gasteiger partial charge on any atom is 0.303 e. The highest BCUT2D eigenvalue weighted by molar-refractivity contribution is 8.00. The molecule has 19 heavy (non-hydrogen) atoms. The van der Waals surface area contributed by atoms with Gasteiger partial charge in [0.05, 0.1) is 0 Å². The van der Waals surface area contributed by atoms with Crippen molar-refractivity contribution in [2.75, 3.05) is 0 Å². The molecule has 0 heterocycles. The van der Waals surface area contributed by atoms with Gasteiger partial charge in [-0.3, -0.25) is 9.59 Å². The van der Waals surface area contributed by atoms with Gasteiger partial charge in [0.2, 0.25) is 7.59 Å². The van der Waals surface area contributed by atoms with E-state index in [1.165, 1.54) is 0 Å². The Balaban J connectivity index is 5.03. The summed E-state index contributed by atoms with van der Waals surface area (Å²) >= 11 is 34.4. The summed E-state index contributed by atoms with van der Waals surface area (Å²) in [6.07, 6.45) is 0. The third kappa shape index (κ3) is 8.81. The van der Waals surface area contributed by atoms with Crippen molar-refractivity contribution in [3.63, 3.8) is 0 Å². The lowest BCUT2D eigenvalue weighted by Crippen LogP contribution is -2.35. The number of alkyl halides is 6. The minimum absolute atomic E-state index is 0.583. The fourth-order valence-electron chi connectivity index (χ4n) is 0.757. The van der Waals surface area contributed by atoms with Crippen LogP contribution in [0, 0.1) is 0 Å². The quantitative estimate of drug-likeness (QED) is 0.392. The summed E-state index contributed by atoms with van der Waals surface area (Å²) in [5.41, 5.74) is -2.65. The molecule has 0 bridgehead atoms. The van der Waals surface area contributed by atoms with E-state index in [4.69, 9.17) is 79.1 Å². The molecule has 0 radical (unpaired) electrons. The number of carbonyl (C=O) groups is 2. The summed E-state index contributed by atoms with van der Waals surface area (Å²) in [7, 11) is 0. The molecule has 0 aliphatic carbocycles. The van der Waals surface area contributed by atoms with Crippen molar-refractivity contribution < 1.29 is 19.1 Å². The zero-order valence-electron chi connectivity index (χ0n) is 9.46. The van der Waals surface area contributed by atoms with Crippen molar-refractivity contribution in [2.45, 2.75) is 32.3 Å². The summed E-state index contributed by atoms with van der Waals surface area (Å²) in [5.74, 6) is -1.43. The molecule has 0 aliphatic heterocycles. The number of hydrogen-bond acceptors (Lipinski definition) is 5. The van der Waals surface area contributed by atoms with E-state index >= 15 is 0 Å². The zero-order valence-corrected chi connectivity index (χ0v) is 14.8. The molecule has 2 atom stereocenters. The van der Waals surface area contributed by atoms with Crippen molar-refractivity contribution in [2.24, 2.45) is 0 Å². The van der Waals surface area contributed by atoms with Crippen molar-refractivity contribution in [3.05, 3.63) is 0 Å². The van der Waals surface area contributed by atoms with Gasteiger partial charge in [-0.2, -0.15) is 0 Å². The van der Waals surface area contributed by atoms with Gasteiger partial charge in [0.15, 0.2) is 10.9 Å². The van der Waals surface area contributed by atoms with Gasteiger partial charge < -0.3 is 9.47 Å². The molecule has 0 aromatic carbocycles. The maximum atomic E-state index is 10.9. The first-order valence-electron chi connectivity index (χ1n) is 4.47. The van der Waals surface area contributed by atoms with Crippen LogP contribution in [0.3, 0.4) is 0 Å². The van der Waals surface area contributed by atoms with Gasteiger partial charge in [0.1, 0.15) is 0 Å². The maximum absolute atomic E-state index is 10.9. The van der Waals surface area contributed by atoms with Crippen molar-refractivity contribution in [3.8, 4) is 0 Å². The number of esters is 2. The summed E-state index contributed by atoms with van der Waals surface area (Å²) in [5, 5.41) is 0. The number of thioether (sulfide) groups is 1. The van der Waals surface area contributed by atoms with Crippen LogP contribution in [-0.2, 0) is 19.1 Å². The normalized spacial score (nSPS) is 15.6. The lowest BCUT2D eigenvalue weighted by Gasteiger charge is -2.30. The summed E-state index contributed by atoms with van der Waals surface area (Å²) in [6, 6.07) is 0. The second-order valence-electron chi connectivity index (χ2n) is 3.10.